The fourth-order valence-electron chi connectivity index (χ4n) is 4.94. The zero-order valence-electron chi connectivity index (χ0n) is 23.7. The molecule has 0 spiro atoms. The summed E-state index contributed by atoms with van der Waals surface area (Å²) in [7, 11) is -2.19. The van der Waals surface area contributed by atoms with Gasteiger partial charge in [-0.1, -0.05) is 85.2 Å². The minimum Gasteiger partial charge on any atom is -0.426 e. The summed E-state index contributed by atoms with van der Waals surface area (Å²) in [6, 6.07) is 23.1. The number of esters is 1. The second-order valence-electron chi connectivity index (χ2n) is 12.0. The molecule has 1 aliphatic rings. The highest BCUT2D eigenvalue weighted by Gasteiger charge is 2.55. The number of rotatable bonds is 10. The summed E-state index contributed by atoms with van der Waals surface area (Å²) in [5.74, 6) is -0.871. The van der Waals surface area contributed by atoms with Crippen molar-refractivity contribution in [3.63, 3.8) is 0 Å². The molecule has 8 heteroatoms. The summed E-state index contributed by atoms with van der Waals surface area (Å²) in [5.41, 5.74) is 0.839. The Bertz CT molecular complexity index is 1340. The second-order valence-corrected chi connectivity index (χ2v) is 17.7. The molecule has 0 radical (unpaired) electrons. The molecule has 0 unspecified atom stereocenters. The van der Waals surface area contributed by atoms with Crippen LogP contribution in [0.2, 0.25) is 18.1 Å². The number of halogens is 2. The highest BCUT2D eigenvalue weighted by Crippen LogP contribution is 2.46. The Balaban J connectivity index is 1.60. The first-order valence-electron chi connectivity index (χ1n) is 13.6. The van der Waals surface area contributed by atoms with Crippen LogP contribution < -0.4 is 10.1 Å². The Morgan fingerprint density at radius 3 is 2.33 bits per heavy atom. The number of amides is 1. The van der Waals surface area contributed by atoms with E-state index in [-0.39, 0.29) is 29.3 Å². The number of carbonyl (C=O) groups excluding carboxylic acids is 2. The molecule has 3 atom stereocenters. The van der Waals surface area contributed by atoms with Crippen molar-refractivity contribution in [2.75, 3.05) is 0 Å². The van der Waals surface area contributed by atoms with Gasteiger partial charge in [-0.25, -0.2) is 4.39 Å². The van der Waals surface area contributed by atoms with Gasteiger partial charge in [0.05, 0.1) is 24.0 Å². The molecular weight excluding hydrogens is 589 g/mol. The van der Waals surface area contributed by atoms with Crippen molar-refractivity contribution in [2.24, 2.45) is 5.92 Å². The Labute approximate surface area is 245 Å². The summed E-state index contributed by atoms with van der Waals surface area (Å²) < 4.78 is 27.1. The molecule has 3 aromatic carbocycles. The molecule has 0 saturated carbocycles. The predicted octanol–water partition coefficient (Wildman–Crippen LogP) is 8.07. The number of hydrogen-bond donors (Lipinski definition) is 1. The number of nitrogens with one attached hydrogen (secondary N) is 1. The molecule has 0 aliphatic carbocycles. The van der Waals surface area contributed by atoms with E-state index in [1.54, 1.807) is 30.3 Å². The van der Waals surface area contributed by atoms with Gasteiger partial charge in [-0.15, -0.1) is 0 Å². The lowest BCUT2D eigenvalue weighted by Crippen LogP contribution is -2.67. The van der Waals surface area contributed by atoms with Crippen molar-refractivity contribution >= 4 is 36.1 Å². The van der Waals surface area contributed by atoms with Crippen molar-refractivity contribution in [1.82, 2.24) is 5.32 Å². The number of carbonyl (C=O) groups is 2. The molecule has 1 amide bonds. The maximum atomic E-state index is 13.8. The van der Waals surface area contributed by atoms with Crippen molar-refractivity contribution < 1.29 is 23.1 Å². The minimum atomic E-state index is -2.19. The second kappa shape index (κ2) is 12.0. The molecule has 0 aromatic heterocycles. The van der Waals surface area contributed by atoms with E-state index >= 15 is 0 Å². The third kappa shape index (κ3) is 6.73. The first-order chi connectivity index (χ1) is 18.8. The van der Waals surface area contributed by atoms with Crippen LogP contribution in [-0.2, 0) is 19.6 Å². The molecule has 1 fully saturated rings. The van der Waals surface area contributed by atoms with E-state index in [0.717, 1.165) is 15.6 Å². The van der Waals surface area contributed by atoms with Crippen LogP contribution in [0.1, 0.15) is 57.3 Å². The van der Waals surface area contributed by atoms with Crippen molar-refractivity contribution in [3.8, 4) is 5.75 Å². The SMILES string of the molecule is CC(C)(C)[Si](C)(C)O[C@@H](CC[C@H]1C(=O)N[C@]1(CC(=O)Oc1cccc(Br)c1)c1ccccc1)c1ccc(F)cc1. The van der Waals surface area contributed by atoms with Crippen LogP contribution in [0, 0.1) is 11.7 Å². The lowest BCUT2D eigenvalue weighted by Gasteiger charge is -2.50. The monoisotopic (exact) mass is 625 g/mol. The Morgan fingerprint density at radius 2 is 1.73 bits per heavy atom. The number of hydrogen-bond acceptors (Lipinski definition) is 4. The van der Waals surface area contributed by atoms with E-state index in [4.69, 9.17) is 9.16 Å². The molecule has 40 heavy (non-hydrogen) atoms. The van der Waals surface area contributed by atoms with Gasteiger partial charge < -0.3 is 14.5 Å². The van der Waals surface area contributed by atoms with E-state index in [0.29, 0.717) is 18.6 Å². The maximum absolute atomic E-state index is 13.8. The average Bonchev–Trinajstić information content (AvgIpc) is 2.88. The molecule has 1 aliphatic heterocycles. The van der Waals surface area contributed by atoms with Crippen molar-refractivity contribution in [3.05, 3.63) is 100 Å². The van der Waals surface area contributed by atoms with E-state index < -0.39 is 25.7 Å². The first kappa shape index (κ1) is 30.2. The zero-order valence-corrected chi connectivity index (χ0v) is 26.3. The summed E-state index contributed by atoms with van der Waals surface area (Å²) in [5, 5.41) is 3.04. The lowest BCUT2D eigenvalue weighted by molar-refractivity contribution is -0.149. The molecule has 212 valence electrons. The molecule has 5 nitrogen and oxygen atoms in total. The van der Waals surface area contributed by atoms with E-state index in [1.165, 1.54) is 12.1 Å². The normalized spacial score (nSPS) is 19.9. The molecule has 1 saturated heterocycles. The fraction of sp³-hybridized carbons (Fsp3) is 0.375. The predicted molar refractivity (Wildman–Crippen MR) is 161 cm³/mol. The first-order valence-corrected chi connectivity index (χ1v) is 17.3. The summed E-state index contributed by atoms with van der Waals surface area (Å²) >= 11 is 3.40. The van der Waals surface area contributed by atoms with Gasteiger partial charge in [0.25, 0.3) is 0 Å². The Kier molecular flexibility index (Phi) is 9.02. The van der Waals surface area contributed by atoms with Crippen LogP contribution in [0.3, 0.4) is 0 Å². The van der Waals surface area contributed by atoms with Crippen molar-refractivity contribution in [1.29, 1.82) is 0 Å². The largest absolute Gasteiger partial charge is 0.426 e. The van der Waals surface area contributed by atoms with Gasteiger partial charge >= 0.3 is 5.97 Å². The zero-order chi connectivity index (χ0) is 29.1. The Hall–Kier alpha value is -2.81. The number of ether oxygens (including phenoxy) is 1. The smallest absolute Gasteiger partial charge is 0.313 e. The van der Waals surface area contributed by atoms with Crippen LogP contribution in [-0.4, -0.2) is 20.2 Å². The lowest BCUT2D eigenvalue weighted by atomic mass is 9.66. The van der Waals surface area contributed by atoms with Crippen molar-refractivity contribution in [2.45, 2.75) is 69.8 Å². The van der Waals surface area contributed by atoms with Gasteiger partial charge in [0, 0.05) is 4.47 Å². The topological polar surface area (TPSA) is 64.6 Å². The third-order valence-electron chi connectivity index (χ3n) is 8.20. The molecular formula is C32H37BrFNO4Si. The van der Waals surface area contributed by atoms with Crippen LogP contribution in [0.25, 0.3) is 0 Å². The molecule has 1 N–H and O–H groups in total. The number of benzene rings is 3. The van der Waals surface area contributed by atoms with E-state index in [2.05, 4.69) is 55.1 Å². The van der Waals surface area contributed by atoms with Gasteiger partial charge in [-0.2, -0.15) is 0 Å². The van der Waals surface area contributed by atoms with Crippen LogP contribution in [0.5, 0.6) is 5.75 Å². The molecule has 4 rings (SSSR count). The number of β-lactam (4-membered cyclic amide) rings is 1. The van der Waals surface area contributed by atoms with Crippen LogP contribution in [0.4, 0.5) is 4.39 Å². The maximum Gasteiger partial charge on any atom is 0.313 e. The standard InChI is InChI=1S/C32H37BrFNO4Si/c1-31(2,3)40(4,5)39-28(22-14-16-25(34)17-15-22)19-18-27-30(37)35-32(27,23-10-7-6-8-11-23)21-29(36)38-26-13-9-12-24(33)20-26/h6-17,20,27-28H,18-19,21H2,1-5H3,(H,35,37)/t27-,28-,32+/m0/s1. The van der Waals surface area contributed by atoms with Crippen LogP contribution >= 0.6 is 15.9 Å². The van der Waals surface area contributed by atoms with Gasteiger partial charge in [-0.3, -0.25) is 9.59 Å². The Morgan fingerprint density at radius 1 is 1.05 bits per heavy atom. The van der Waals surface area contributed by atoms with Crippen LogP contribution in [0.15, 0.2) is 83.3 Å². The summed E-state index contributed by atoms with van der Waals surface area (Å²) in [4.78, 5) is 26.3. The summed E-state index contributed by atoms with van der Waals surface area (Å²) in [6.45, 7) is 10.9. The highest BCUT2D eigenvalue weighted by molar-refractivity contribution is 9.10. The van der Waals surface area contributed by atoms with Gasteiger partial charge in [0.1, 0.15) is 11.6 Å². The fourth-order valence-corrected chi connectivity index (χ4v) is 6.64. The highest BCUT2D eigenvalue weighted by atomic mass is 79.9. The van der Waals surface area contributed by atoms with E-state index in [9.17, 15) is 14.0 Å². The van der Waals surface area contributed by atoms with Gasteiger partial charge in [-0.05, 0) is 72.4 Å². The summed E-state index contributed by atoms with van der Waals surface area (Å²) in [6.07, 6.45) is 0.717. The quantitative estimate of drug-likeness (QED) is 0.107. The minimum absolute atomic E-state index is 0.00968. The van der Waals surface area contributed by atoms with Gasteiger partial charge in [0.2, 0.25) is 5.91 Å². The third-order valence-corrected chi connectivity index (χ3v) is 13.2. The molecule has 1 heterocycles. The molecule has 0 bridgehead atoms. The van der Waals surface area contributed by atoms with Gasteiger partial charge in [0.15, 0.2) is 8.32 Å². The molecule has 3 aromatic rings. The van der Waals surface area contributed by atoms with E-state index in [1.807, 2.05) is 36.4 Å². The average molecular weight is 627 g/mol.